The molecule has 0 aromatic heterocycles. The lowest BCUT2D eigenvalue weighted by Gasteiger charge is -2.67. The average Bonchev–Trinajstić information content (AvgIpc) is 3.12. The van der Waals surface area contributed by atoms with Gasteiger partial charge >= 0.3 is 0 Å². The quantitative estimate of drug-likeness (QED) is 0.278. The Hall–Kier alpha value is -0.540. The molecule has 4 aliphatic carbocycles. The number of hydrogen-bond donors (Lipinski definition) is 7. The van der Waals surface area contributed by atoms with Gasteiger partial charge in [0.05, 0.1) is 30.3 Å². The molecule has 0 aromatic carbocycles. The third-order valence-electron chi connectivity index (χ3n) is 11.4. The summed E-state index contributed by atoms with van der Waals surface area (Å²) in [5, 5.41) is 78.1. The van der Waals surface area contributed by atoms with Crippen molar-refractivity contribution in [1.29, 1.82) is 0 Å². The maximum Gasteiger partial charge on any atom is 0.123 e. The van der Waals surface area contributed by atoms with Crippen LogP contribution in [0.4, 0.5) is 0 Å². The molecule has 3 fully saturated rings. The van der Waals surface area contributed by atoms with Crippen molar-refractivity contribution < 1.29 is 35.7 Å². The van der Waals surface area contributed by atoms with Crippen LogP contribution in [0.1, 0.15) is 79.6 Å². The van der Waals surface area contributed by atoms with E-state index in [2.05, 4.69) is 34.6 Å². The van der Waals surface area contributed by atoms with Gasteiger partial charge in [0.15, 0.2) is 0 Å². The van der Waals surface area contributed by atoms with Gasteiger partial charge in [0.1, 0.15) is 17.3 Å². The van der Waals surface area contributed by atoms with Crippen LogP contribution in [0.25, 0.3) is 0 Å². The molecule has 0 amide bonds. The van der Waals surface area contributed by atoms with Crippen LogP contribution in [0, 0.1) is 40.4 Å². The van der Waals surface area contributed by atoms with Gasteiger partial charge in [-0.2, -0.15) is 0 Å². The molecule has 3 saturated carbocycles. The van der Waals surface area contributed by atoms with Gasteiger partial charge in [-0.15, -0.1) is 0 Å². The summed E-state index contributed by atoms with van der Waals surface area (Å²) < 4.78 is 0. The second-order valence-electron chi connectivity index (χ2n) is 13.3. The Morgan fingerprint density at radius 2 is 1.54 bits per heavy atom. The van der Waals surface area contributed by atoms with E-state index in [0.29, 0.717) is 35.7 Å². The molecule has 0 aromatic rings. The molecule has 5 unspecified atom stereocenters. The Labute approximate surface area is 209 Å². The second-order valence-corrected chi connectivity index (χ2v) is 13.3. The smallest absolute Gasteiger partial charge is 0.123 e. The Kier molecular flexibility index (Phi) is 7.10. The highest BCUT2D eigenvalue weighted by molar-refractivity contribution is 5.43. The lowest BCUT2D eigenvalue weighted by molar-refractivity contribution is -0.311. The molecular weight excluding hydrogens is 448 g/mol. The monoisotopic (exact) mass is 496 g/mol. The first kappa shape index (κ1) is 27.5. The number of hydrogen-bond acceptors (Lipinski definition) is 7. The van der Waals surface area contributed by atoms with Crippen LogP contribution in [0.15, 0.2) is 11.6 Å². The van der Waals surface area contributed by atoms with Crippen LogP contribution in [-0.4, -0.2) is 78.0 Å². The van der Waals surface area contributed by atoms with Crippen molar-refractivity contribution >= 4 is 0 Å². The maximum absolute atomic E-state index is 12.3. The van der Waals surface area contributed by atoms with Crippen molar-refractivity contribution in [1.82, 2.24) is 0 Å². The highest BCUT2D eigenvalue weighted by atomic mass is 16.4. The number of rotatable bonds is 6. The molecule has 0 heterocycles. The van der Waals surface area contributed by atoms with Gasteiger partial charge in [-0.05, 0) is 66.3 Å². The summed E-state index contributed by atoms with van der Waals surface area (Å²) in [6, 6.07) is 0. The van der Waals surface area contributed by atoms with E-state index in [9.17, 15) is 35.7 Å². The molecule has 7 N–H and O–H groups in total. The molecule has 0 bridgehead atoms. The zero-order valence-corrected chi connectivity index (χ0v) is 22.1. The van der Waals surface area contributed by atoms with E-state index in [1.807, 2.05) is 0 Å². The van der Waals surface area contributed by atoms with Crippen LogP contribution in [0.5, 0.6) is 0 Å². The standard InChI is InChI=1S/C28H48O7/c1-15(2)16(3)6-7-17(4)18-8-9-19-20-10-23(32)27(34)12-22(31)21(30)11-26(27,14-29)28(20,35)24(33)13-25(18,19)5/h10,15-19,21-24,29-35H,6-9,11-14H2,1-5H3/t16-,17+,18+,19-,21?,22?,23?,24?,25+,26+,27?,28-/m0/s1. The third kappa shape index (κ3) is 3.63. The molecule has 0 radical (unpaired) electrons. The summed E-state index contributed by atoms with van der Waals surface area (Å²) in [5.74, 6) is 1.93. The molecule has 12 atom stereocenters. The predicted octanol–water partition coefficient (Wildman–Crippen LogP) is 1.75. The van der Waals surface area contributed by atoms with Gasteiger partial charge in [0, 0.05) is 6.42 Å². The van der Waals surface area contributed by atoms with Crippen LogP contribution >= 0.6 is 0 Å². The van der Waals surface area contributed by atoms with Gasteiger partial charge in [-0.3, -0.25) is 0 Å². The molecule has 0 aliphatic heterocycles. The largest absolute Gasteiger partial charge is 0.396 e. The minimum absolute atomic E-state index is 0.113. The van der Waals surface area contributed by atoms with Crippen molar-refractivity contribution in [3.63, 3.8) is 0 Å². The molecule has 7 heteroatoms. The molecule has 7 nitrogen and oxygen atoms in total. The molecule has 4 rings (SSSR count). The topological polar surface area (TPSA) is 142 Å². The van der Waals surface area contributed by atoms with Crippen LogP contribution < -0.4 is 0 Å². The van der Waals surface area contributed by atoms with Gasteiger partial charge < -0.3 is 35.7 Å². The number of fused-ring (bicyclic) bond motifs is 5. The molecule has 0 saturated heterocycles. The predicted molar refractivity (Wildman–Crippen MR) is 132 cm³/mol. The Bertz CT molecular complexity index is 830. The molecular formula is C28H48O7. The van der Waals surface area contributed by atoms with E-state index in [0.717, 1.165) is 25.7 Å². The van der Waals surface area contributed by atoms with E-state index in [1.54, 1.807) is 0 Å². The highest BCUT2D eigenvalue weighted by Crippen LogP contribution is 2.69. The molecule has 35 heavy (non-hydrogen) atoms. The van der Waals surface area contributed by atoms with Crippen LogP contribution in [0.2, 0.25) is 0 Å². The zero-order chi connectivity index (χ0) is 26.1. The van der Waals surface area contributed by atoms with Crippen LogP contribution in [-0.2, 0) is 0 Å². The van der Waals surface area contributed by atoms with Crippen molar-refractivity contribution in [3.05, 3.63) is 11.6 Å². The maximum atomic E-state index is 12.3. The Balaban J connectivity index is 1.72. The first-order valence-corrected chi connectivity index (χ1v) is 13.7. The molecule has 202 valence electrons. The fraction of sp³-hybridized carbons (Fsp3) is 0.929. The molecule has 4 aliphatic rings. The summed E-state index contributed by atoms with van der Waals surface area (Å²) in [5.41, 5.74) is -5.69. The van der Waals surface area contributed by atoms with Gasteiger partial charge in [-0.1, -0.05) is 53.5 Å². The number of aliphatic hydroxyl groups excluding tert-OH is 5. The van der Waals surface area contributed by atoms with E-state index < -0.39 is 54.1 Å². The van der Waals surface area contributed by atoms with E-state index in [-0.39, 0.29) is 17.8 Å². The lowest BCUT2D eigenvalue weighted by atomic mass is 9.42. The second kappa shape index (κ2) is 9.04. The SMILES string of the molecule is CC(C)[C@@H](C)CC[C@@H](C)[C@H]1CC[C@H]2C3=CC(O)C4(O)CC(O)C(O)C[C@]4(CO)[C@@]3(O)C(O)C[C@]12C. The molecule has 0 spiro atoms. The third-order valence-corrected chi connectivity index (χ3v) is 11.4. The number of aliphatic hydroxyl groups is 7. The van der Waals surface area contributed by atoms with Crippen molar-refractivity contribution in [2.45, 2.75) is 115 Å². The van der Waals surface area contributed by atoms with Crippen molar-refractivity contribution in [2.75, 3.05) is 6.61 Å². The first-order valence-electron chi connectivity index (χ1n) is 13.7. The van der Waals surface area contributed by atoms with Gasteiger partial charge in [0.2, 0.25) is 0 Å². The Morgan fingerprint density at radius 1 is 0.914 bits per heavy atom. The normalized spacial score (nSPS) is 51.3. The minimum Gasteiger partial charge on any atom is -0.396 e. The van der Waals surface area contributed by atoms with Crippen molar-refractivity contribution in [2.24, 2.45) is 40.4 Å². The van der Waals surface area contributed by atoms with E-state index in [1.165, 1.54) is 6.08 Å². The van der Waals surface area contributed by atoms with Gasteiger partial charge in [0.25, 0.3) is 0 Å². The van der Waals surface area contributed by atoms with E-state index >= 15 is 0 Å². The summed E-state index contributed by atoms with van der Waals surface area (Å²) in [4.78, 5) is 0. The summed E-state index contributed by atoms with van der Waals surface area (Å²) in [6.07, 6.45) is -0.258. The summed E-state index contributed by atoms with van der Waals surface area (Å²) in [7, 11) is 0. The lowest BCUT2D eigenvalue weighted by Crippen LogP contribution is -2.79. The minimum atomic E-state index is -2.08. The van der Waals surface area contributed by atoms with Gasteiger partial charge in [-0.25, -0.2) is 0 Å². The summed E-state index contributed by atoms with van der Waals surface area (Å²) in [6.45, 7) is 10.5. The average molecular weight is 497 g/mol. The summed E-state index contributed by atoms with van der Waals surface area (Å²) >= 11 is 0. The van der Waals surface area contributed by atoms with Crippen LogP contribution in [0.3, 0.4) is 0 Å². The fourth-order valence-corrected chi connectivity index (χ4v) is 8.76. The zero-order valence-electron chi connectivity index (χ0n) is 22.1. The first-order chi connectivity index (χ1) is 16.2. The highest BCUT2D eigenvalue weighted by Gasteiger charge is 2.76. The van der Waals surface area contributed by atoms with Crippen molar-refractivity contribution in [3.8, 4) is 0 Å². The fourth-order valence-electron chi connectivity index (χ4n) is 8.76. The van der Waals surface area contributed by atoms with E-state index in [4.69, 9.17) is 0 Å². The Morgan fingerprint density at radius 3 is 2.14 bits per heavy atom.